The normalized spacial score (nSPS) is 19.4. The highest BCUT2D eigenvalue weighted by molar-refractivity contribution is 8.00. The highest BCUT2D eigenvalue weighted by Gasteiger charge is 2.30. The van der Waals surface area contributed by atoms with Crippen LogP contribution in [-0.4, -0.2) is 34.6 Å². The van der Waals surface area contributed by atoms with Gasteiger partial charge >= 0.3 is 0 Å². The fraction of sp³-hybridized carbons (Fsp3) is 0.333. The number of thioether (sulfide) groups is 1. The summed E-state index contributed by atoms with van der Waals surface area (Å²) in [5.74, 6) is 0.220. The molecule has 1 amide bonds. The van der Waals surface area contributed by atoms with E-state index in [1.54, 1.807) is 16.7 Å². The number of pyridine rings is 1. The summed E-state index contributed by atoms with van der Waals surface area (Å²) in [6.45, 7) is 2.94. The van der Waals surface area contributed by atoms with Gasteiger partial charge in [-0.2, -0.15) is 0 Å². The summed E-state index contributed by atoms with van der Waals surface area (Å²) in [5, 5.41) is 2.16. The van der Waals surface area contributed by atoms with Gasteiger partial charge in [-0.3, -0.25) is 4.79 Å². The number of hydrogen-bond acceptors (Lipinski definition) is 3. The Labute approximate surface area is 117 Å². The van der Waals surface area contributed by atoms with Crippen molar-refractivity contribution in [3.8, 4) is 0 Å². The largest absolute Gasteiger partial charge is 0.345 e. The molecule has 1 aliphatic rings. The van der Waals surface area contributed by atoms with Crippen molar-refractivity contribution in [1.29, 1.82) is 0 Å². The van der Waals surface area contributed by atoms with Gasteiger partial charge in [-0.15, -0.1) is 0 Å². The third kappa shape index (κ3) is 2.32. The van der Waals surface area contributed by atoms with E-state index in [1.165, 1.54) is 10.9 Å². The number of carbonyl (C=O) groups is 1. The lowest BCUT2D eigenvalue weighted by atomic mass is 10.1. The molecule has 98 valence electrons. The molecule has 0 saturated carbocycles. The van der Waals surface area contributed by atoms with E-state index in [0.29, 0.717) is 0 Å². The number of rotatable bonds is 2. The fourth-order valence-corrected chi connectivity index (χ4v) is 3.62. The highest BCUT2D eigenvalue weighted by atomic mass is 32.2. The summed E-state index contributed by atoms with van der Waals surface area (Å²) >= 11 is 1.59. The van der Waals surface area contributed by atoms with Crippen LogP contribution in [0.3, 0.4) is 0 Å². The lowest BCUT2D eigenvalue weighted by Crippen LogP contribution is -2.23. The number of para-hydroxylation sites is 1. The molecule has 3 nitrogen and oxygen atoms in total. The third-order valence-corrected chi connectivity index (χ3v) is 4.71. The molecule has 0 unspecified atom stereocenters. The van der Waals surface area contributed by atoms with Crippen molar-refractivity contribution in [2.24, 2.45) is 0 Å². The summed E-state index contributed by atoms with van der Waals surface area (Å²) in [7, 11) is 1.86. The Kier molecular flexibility index (Phi) is 3.19. The number of aryl methyl sites for hydroxylation is 1. The zero-order valence-corrected chi connectivity index (χ0v) is 11.9. The molecule has 1 saturated heterocycles. The van der Waals surface area contributed by atoms with Gasteiger partial charge in [0.1, 0.15) is 0 Å². The van der Waals surface area contributed by atoms with E-state index in [1.807, 2.05) is 25.2 Å². The Hall–Kier alpha value is -1.55. The maximum absolute atomic E-state index is 11.9. The number of amides is 1. The Morgan fingerprint density at radius 3 is 2.89 bits per heavy atom. The molecule has 1 aromatic heterocycles. The quantitative estimate of drug-likeness (QED) is 0.843. The van der Waals surface area contributed by atoms with Gasteiger partial charge in [0.05, 0.1) is 15.8 Å². The zero-order valence-electron chi connectivity index (χ0n) is 11.1. The van der Waals surface area contributed by atoms with Crippen LogP contribution in [0.1, 0.15) is 12.0 Å². The molecule has 0 aliphatic carbocycles. The molecule has 1 aromatic carbocycles. The lowest BCUT2D eigenvalue weighted by molar-refractivity contribution is -0.126. The number of aromatic nitrogens is 1. The minimum Gasteiger partial charge on any atom is -0.345 e. The third-order valence-electron chi connectivity index (χ3n) is 3.54. The van der Waals surface area contributed by atoms with Gasteiger partial charge < -0.3 is 4.90 Å². The summed E-state index contributed by atoms with van der Waals surface area (Å²) in [6.07, 6.45) is 0.910. The SMILES string of the molecule is Cc1cc(S[C@H]2CCN(C)C2=O)nc2ccccc12. The average molecular weight is 272 g/mol. The molecule has 0 radical (unpaired) electrons. The molecule has 2 heterocycles. The van der Waals surface area contributed by atoms with Gasteiger partial charge in [0.25, 0.3) is 0 Å². The zero-order chi connectivity index (χ0) is 13.4. The second kappa shape index (κ2) is 4.85. The monoisotopic (exact) mass is 272 g/mol. The number of nitrogens with zero attached hydrogens (tertiary/aromatic N) is 2. The van der Waals surface area contributed by atoms with E-state index in [2.05, 4.69) is 24.0 Å². The molecule has 1 aliphatic heterocycles. The van der Waals surface area contributed by atoms with E-state index in [4.69, 9.17) is 0 Å². The summed E-state index contributed by atoms with van der Waals surface area (Å²) in [5.41, 5.74) is 2.22. The molecule has 0 bridgehead atoms. The second-order valence-corrected chi connectivity index (χ2v) is 6.17. The first-order valence-electron chi connectivity index (χ1n) is 6.43. The second-order valence-electron chi connectivity index (χ2n) is 4.95. The molecule has 1 atom stereocenters. The Balaban J connectivity index is 1.91. The predicted molar refractivity (Wildman–Crippen MR) is 78.4 cm³/mol. The van der Waals surface area contributed by atoms with Crippen LogP contribution in [0.5, 0.6) is 0 Å². The minimum atomic E-state index is 0.0260. The standard InChI is InChI=1S/C15H16N2OS/c1-10-9-14(16-12-6-4-3-5-11(10)12)19-13-7-8-17(2)15(13)18/h3-6,9,13H,7-8H2,1-2H3/t13-/m0/s1. The van der Waals surface area contributed by atoms with E-state index in [0.717, 1.165) is 23.5 Å². The number of carbonyl (C=O) groups excluding carboxylic acids is 1. The fourth-order valence-electron chi connectivity index (χ4n) is 2.42. The number of hydrogen-bond donors (Lipinski definition) is 0. The van der Waals surface area contributed by atoms with E-state index >= 15 is 0 Å². The van der Waals surface area contributed by atoms with Gasteiger partial charge in [0.15, 0.2) is 0 Å². The molecule has 4 heteroatoms. The maximum atomic E-state index is 11.9. The van der Waals surface area contributed by atoms with Gasteiger partial charge in [0.2, 0.25) is 5.91 Å². The Bertz CT molecular complexity index is 641. The van der Waals surface area contributed by atoms with Gasteiger partial charge in [-0.25, -0.2) is 4.98 Å². The molecular weight excluding hydrogens is 256 g/mol. The maximum Gasteiger partial charge on any atom is 0.235 e. The van der Waals surface area contributed by atoms with Crippen molar-refractivity contribution in [3.05, 3.63) is 35.9 Å². The van der Waals surface area contributed by atoms with E-state index < -0.39 is 0 Å². The smallest absolute Gasteiger partial charge is 0.235 e. The van der Waals surface area contributed by atoms with Crippen LogP contribution in [0.25, 0.3) is 10.9 Å². The van der Waals surface area contributed by atoms with Crippen LogP contribution in [-0.2, 0) is 4.79 Å². The van der Waals surface area contributed by atoms with Crippen LogP contribution in [0, 0.1) is 6.92 Å². The van der Waals surface area contributed by atoms with Crippen molar-refractivity contribution in [3.63, 3.8) is 0 Å². The van der Waals surface area contributed by atoms with Gasteiger partial charge in [0, 0.05) is 19.0 Å². The van der Waals surface area contributed by atoms with Gasteiger partial charge in [-0.1, -0.05) is 30.0 Å². The molecule has 2 aromatic rings. The first-order valence-corrected chi connectivity index (χ1v) is 7.31. The Morgan fingerprint density at radius 1 is 1.37 bits per heavy atom. The van der Waals surface area contributed by atoms with Crippen LogP contribution < -0.4 is 0 Å². The highest BCUT2D eigenvalue weighted by Crippen LogP contribution is 2.31. The van der Waals surface area contributed by atoms with Crippen LogP contribution >= 0.6 is 11.8 Å². The minimum absolute atomic E-state index is 0.0260. The Morgan fingerprint density at radius 2 is 2.16 bits per heavy atom. The van der Waals surface area contributed by atoms with E-state index in [-0.39, 0.29) is 11.2 Å². The molecule has 0 N–H and O–H groups in total. The van der Waals surface area contributed by atoms with Crippen LogP contribution in [0.15, 0.2) is 35.4 Å². The summed E-state index contributed by atoms with van der Waals surface area (Å²) in [4.78, 5) is 18.4. The van der Waals surface area contributed by atoms with Crippen molar-refractivity contribution in [2.75, 3.05) is 13.6 Å². The summed E-state index contributed by atoms with van der Waals surface area (Å²) < 4.78 is 0. The van der Waals surface area contributed by atoms with Crippen LogP contribution in [0.4, 0.5) is 0 Å². The van der Waals surface area contributed by atoms with Crippen molar-refractivity contribution in [1.82, 2.24) is 9.88 Å². The predicted octanol–water partition coefficient (Wildman–Crippen LogP) is 2.87. The lowest BCUT2D eigenvalue weighted by Gasteiger charge is -2.11. The molecule has 19 heavy (non-hydrogen) atoms. The molecule has 0 spiro atoms. The first kappa shape index (κ1) is 12.5. The molecule has 3 rings (SSSR count). The number of benzene rings is 1. The summed E-state index contributed by atoms with van der Waals surface area (Å²) in [6, 6.07) is 10.2. The van der Waals surface area contributed by atoms with Crippen molar-refractivity contribution >= 4 is 28.6 Å². The molecular formula is C15H16N2OS. The molecule has 1 fully saturated rings. The number of likely N-dealkylation sites (tertiary alicyclic amines) is 1. The average Bonchev–Trinajstić information content (AvgIpc) is 2.71. The topological polar surface area (TPSA) is 33.2 Å². The van der Waals surface area contributed by atoms with Gasteiger partial charge in [-0.05, 0) is 31.0 Å². The van der Waals surface area contributed by atoms with Crippen molar-refractivity contribution < 1.29 is 4.79 Å². The number of fused-ring (bicyclic) bond motifs is 1. The van der Waals surface area contributed by atoms with E-state index in [9.17, 15) is 4.79 Å². The van der Waals surface area contributed by atoms with Crippen molar-refractivity contribution in [2.45, 2.75) is 23.6 Å². The first-order chi connectivity index (χ1) is 9.15. The van der Waals surface area contributed by atoms with Crippen LogP contribution in [0.2, 0.25) is 0 Å².